The number of rotatable bonds is 4. The van der Waals surface area contributed by atoms with Crippen molar-refractivity contribution in [1.82, 2.24) is 15.4 Å². The fourth-order valence-electron chi connectivity index (χ4n) is 1.09. The first-order valence-electron chi connectivity index (χ1n) is 4.57. The van der Waals surface area contributed by atoms with Crippen molar-refractivity contribution < 1.29 is 0 Å². The maximum atomic E-state index is 4.20. The van der Waals surface area contributed by atoms with Gasteiger partial charge in [0.25, 0.3) is 0 Å². The van der Waals surface area contributed by atoms with Gasteiger partial charge in [-0.3, -0.25) is 4.99 Å². The van der Waals surface area contributed by atoms with Gasteiger partial charge in [0, 0.05) is 12.3 Å². The Bertz CT molecular complexity index is 315. The summed E-state index contributed by atoms with van der Waals surface area (Å²) in [5.74, 6) is 0.761. The van der Waals surface area contributed by atoms with E-state index in [-0.39, 0.29) is 0 Å². The van der Waals surface area contributed by atoms with Crippen molar-refractivity contribution in [1.29, 1.82) is 0 Å². The standard InChI is InChI=1S/C8H16N4SSi/c1-14(2,3)8-7(10-12-11-8)6-9-4-5-13/h6,13H,4-5H2,1-3H3,(H,10,11,12). The van der Waals surface area contributed by atoms with Crippen molar-refractivity contribution in [2.75, 3.05) is 12.3 Å². The molecule has 0 aliphatic heterocycles. The van der Waals surface area contributed by atoms with E-state index in [1.54, 1.807) is 6.21 Å². The van der Waals surface area contributed by atoms with Crippen LogP contribution < -0.4 is 5.32 Å². The first-order chi connectivity index (χ1) is 6.55. The highest BCUT2D eigenvalue weighted by Gasteiger charge is 2.23. The minimum atomic E-state index is -1.40. The molecule has 1 heterocycles. The number of hydrogen-bond acceptors (Lipinski definition) is 4. The van der Waals surface area contributed by atoms with Crippen LogP contribution in [0, 0.1) is 0 Å². The summed E-state index contributed by atoms with van der Waals surface area (Å²) < 4.78 is 0. The lowest BCUT2D eigenvalue weighted by Crippen LogP contribution is -2.41. The van der Waals surface area contributed by atoms with Gasteiger partial charge in [-0.15, -0.1) is 0 Å². The molecule has 0 unspecified atom stereocenters. The predicted octanol–water partition coefficient (Wildman–Crippen LogP) is 0.699. The summed E-state index contributed by atoms with van der Waals surface area (Å²) in [4.78, 5) is 4.20. The molecule has 0 aliphatic rings. The minimum Gasteiger partial charge on any atom is -0.290 e. The van der Waals surface area contributed by atoms with Crippen LogP contribution in [0.15, 0.2) is 4.99 Å². The maximum Gasteiger partial charge on any atom is 0.122 e. The molecule has 0 saturated carbocycles. The van der Waals surface area contributed by atoms with Gasteiger partial charge in [0.15, 0.2) is 0 Å². The second-order valence-electron chi connectivity index (χ2n) is 4.07. The summed E-state index contributed by atoms with van der Waals surface area (Å²) in [5.41, 5.74) is 0.881. The predicted molar refractivity (Wildman–Crippen MR) is 65.7 cm³/mol. The number of hydrogen-bond donors (Lipinski definition) is 2. The SMILES string of the molecule is C[Si](C)(C)c1n[nH]nc1C=NCCS. The molecule has 0 radical (unpaired) electrons. The van der Waals surface area contributed by atoms with E-state index in [0.717, 1.165) is 23.3 Å². The minimum absolute atomic E-state index is 0.723. The molecular weight excluding hydrogens is 212 g/mol. The number of thiol groups is 1. The monoisotopic (exact) mass is 228 g/mol. The smallest absolute Gasteiger partial charge is 0.122 e. The molecule has 0 amide bonds. The third-order valence-electron chi connectivity index (χ3n) is 1.73. The quantitative estimate of drug-likeness (QED) is 0.453. The summed E-state index contributed by atoms with van der Waals surface area (Å²) in [6.07, 6.45) is 1.79. The highest BCUT2D eigenvalue weighted by atomic mass is 32.1. The molecule has 4 nitrogen and oxygen atoms in total. The number of aromatic amines is 1. The third-order valence-corrected chi connectivity index (χ3v) is 3.72. The van der Waals surface area contributed by atoms with Gasteiger partial charge in [-0.05, 0) is 0 Å². The van der Waals surface area contributed by atoms with Crippen LogP contribution in [0.2, 0.25) is 19.6 Å². The average Bonchev–Trinajstić information content (AvgIpc) is 2.52. The fourth-order valence-corrected chi connectivity index (χ4v) is 2.48. The molecule has 0 saturated heterocycles. The number of nitrogens with one attached hydrogen (secondary N) is 1. The lowest BCUT2D eigenvalue weighted by molar-refractivity contribution is 0.942. The number of nitrogens with zero attached hydrogens (tertiary/aromatic N) is 3. The fraction of sp³-hybridized carbons (Fsp3) is 0.625. The second kappa shape index (κ2) is 4.74. The van der Waals surface area contributed by atoms with Crippen molar-refractivity contribution in [3.63, 3.8) is 0 Å². The van der Waals surface area contributed by atoms with E-state index < -0.39 is 8.07 Å². The third kappa shape index (κ3) is 2.95. The van der Waals surface area contributed by atoms with Crippen molar-refractivity contribution in [3.05, 3.63) is 5.69 Å². The molecule has 14 heavy (non-hydrogen) atoms. The zero-order valence-electron chi connectivity index (χ0n) is 8.78. The summed E-state index contributed by atoms with van der Waals surface area (Å²) in [6, 6.07) is 0. The molecule has 1 aromatic rings. The molecule has 0 bridgehead atoms. The summed E-state index contributed by atoms with van der Waals surface area (Å²) >= 11 is 4.09. The Labute approximate surface area is 90.6 Å². The molecule has 0 aliphatic carbocycles. The Balaban J connectivity index is 2.83. The zero-order valence-corrected chi connectivity index (χ0v) is 10.7. The average molecular weight is 228 g/mol. The molecule has 6 heteroatoms. The van der Waals surface area contributed by atoms with Gasteiger partial charge >= 0.3 is 0 Å². The highest BCUT2D eigenvalue weighted by Crippen LogP contribution is 2.00. The van der Waals surface area contributed by atoms with E-state index in [1.165, 1.54) is 0 Å². The van der Waals surface area contributed by atoms with E-state index >= 15 is 0 Å². The van der Waals surface area contributed by atoms with Gasteiger partial charge in [0.05, 0.1) is 11.5 Å². The maximum absolute atomic E-state index is 4.20. The van der Waals surface area contributed by atoms with E-state index in [2.05, 4.69) is 52.7 Å². The molecule has 0 aromatic carbocycles. The van der Waals surface area contributed by atoms with Crippen LogP contribution in [-0.2, 0) is 0 Å². The van der Waals surface area contributed by atoms with Crippen LogP contribution in [0.1, 0.15) is 5.69 Å². The topological polar surface area (TPSA) is 53.9 Å². The first kappa shape index (κ1) is 11.5. The Kier molecular flexibility index (Phi) is 3.88. The first-order valence-corrected chi connectivity index (χ1v) is 8.71. The van der Waals surface area contributed by atoms with Crippen molar-refractivity contribution in [3.8, 4) is 0 Å². The van der Waals surface area contributed by atoms with E-state index in [0.29, 0.717) is 0 Å². The van der Waals surface area contributed by atoms with Crippen LogP contribution in [0.25, 0.3) is 0 Å². The van der Waals surface area contributed by atoms with Gasteiger partial charge in [-0.2, -0.15) is 28.0 Å². The molecule has 1 N–H and O–H groups in total. The largest absolute Gasteiger partial charge is 0.290 e. The Hall–Kier alpha value is -0.623. The van der Waals surface area contributed by atoms with Gasteiger partial charge in [0.1, 0.15) is 13.8 Å². The Morgan fingerprint density at radius 1 is 1.43 bits per heavy atom. The van der Waals surface area contributed by atoms with Crippen molar-refractivity contribution in [2.24, 2.45) is 4.99 Å². The number of aliphatic imine (C=N–C) groups is 1. The van der Waals surface area contributed by atoms with E-state index in [1.807, 2.05) is 0 Å². The summed E-state index contributed by atoms with van der Waals surface area (Å²) in [7, 11) is -1.40. The Morgan fingerprint density at radius 2 is 2.14 bits per heavy atom. The molecule has 1 rings (SSSR count). The molecule has 0 spiro atoms. The van der Waals surface area contributed by atoms with Crippen molar-refractivity contribution >= 4 is 32.2 Å². The van der Waals surface area contributed by atoms with Crippen LogP contribution in [0.4, 0.5) is 0 Å². The normalized spacial score (nSPS) is 12.6. The lowest BCUT2D eigenvalue weighted by Gasteiger charge is -2.11. The van der Waals surface area contributed by atoms with Crippen LogP contribution in [0.5, 0.6) is 0 Å². The lowest BCUT2D eigenvalue weighted by atomic mass is 10.5. The van der Waals surface area contributed by atoms with E-state index in [4.69, 9.17) is 0 Å². The van der Waals surface area contributed by atoms with Gasteiger partial charge in [0.2, 0.25) is 0 Å². The number of aromatic nitrogens is 3. The second-order valence-corrected chi connectivity index (χ2v) is 9.49. The molecule has 0 atom stereocenters. The van der Waals surface area contributed by atoms with Gasteiger partial charge in [-0.1, -0.05) is 19.6 Å². The Morgan fingerprint density at radius 3 is 2.71 bits per heavy atom. The van der Waals surface area contributed by atoms with Crippen molar-refractivity contribution in [2.45, 2.75) is 19.6 Å². The number of H-pyrrole nitrogens is 1. The van der Waals surface area contributed by atoms with Crippen LogP contribution >= 0.6 is 12.6 Å². The van der Waals surface area contributed by atoms with Crippen LogP contribution in [0.3, 0.4) is 0 Å². The van der Waals surface area contributed by atoms with Gasteiger partial charge in [-0.25, -0.2) is 0 Å². The van der Waals surface area contributed by atoms with E-state index in [9.17, 15) is 0 Å². The molecule has 0 fully saturated rings. The highest BCUT2D eigenvalue weighted by molar-refractivity contribution is 7.80. The summed E-state index contributed by atoms with van der Waals surface area (Å²) in [6.45, 7) is 7.43. The molecule has 1 aromatic heterocycles. The molecular formula is C8H16N4SSi. The van der Waals surface area contributed by atoms with Crippen LogP contribution in [-0.4, -0.2) is 42.0 Å². The van der Waals surface area contributed by atoms with Gasteiger partial charge < -0.3 is 0 Å². The molecule has 78 valence electrons. The zero-order chi connectivity index (χ0) is 10.6. The summed E-state index contributed by atoms with van der Waals surface area (Å²) in [5, 5.41) is 12.0.